The molecule has 0 saturated carbocycles. The molecule has 0 bridgehead atoms. The average Bonchev–Trinajstić information content (AvgIpc) is 2.78. The maximum absolute atomic E-state index is 4.64. The fraction of sp³-hybridized carbons (Fsp3) is 0.533. The van der Waals surface area contributed by atoms with Crippen molar-refractivity contribution < 1.29 is 0 Å². The zero-order valence-electron chi connectivity index (χ0n) is 12.8. The van der Waals surface area contributed by atoms with E-state index in [-0.39, 0.29) is 0 Å². The Labute approximate surface area is 129 Å². The summed E-state index contributed by atoms with van der Waals surface area (Å²) >= 11 is 1.82. The average molecular weight is 303 g/mol. The Balaban J connectivity index is 1.57. The Morgan fingerprint density at radius 2 is 1.86 bits per heavy atom. The van der Waals surface area contributed by atoms with E-state index in [9.17, 15) is 0 Å². The lowest BCUT2D eigenvalue weighted by Gasteiger charge is -2.34. The molecule has 2 aromatic rings. The van der Waals surface area contributed by atoms with E-state index < -0.39 is 0 Å². The molecule has 0 radical (unpaired) electrons. The molecule has 1 aliphatic heterocycles. The number of piperazine rings is 1. The molecule has 112 valence electrons. The van der Waals surface area contributed by atoms with E-state index in [0.29, 0.717) is 0 Å². The van der Waals surface area contributed by atoms with Crippen molar-refractivity contribution in [3.63, 3.8) is 0 Å². The first-order valence-electron chi connectivity index (χ1n) is 7.30. The van der Waals surface area contributed by atoms with Gasteiger partial charge < -0.3 is 4.90 Å². The molecule has 1 aliphatic rings. The van der Waals surface area contributed by atoms with Crippen molar-refractivity contribution >= 4 is 17.2 Å². The second-order valence-electron chi connectivity index (χ2n) is 5.53. The first kappa shape index (κ1) is 14.4. The number of hydrogen-bond donors (Lipinski definition) is 0. The molecule has 1 saturated heterocycles. The molecule has 0 aliphatic carbocycles. The zero-order chi connectivity index (χ0) is 14.8. The molecule has 0 spiro atoms. The number of aryl methyl sites for hydroxylation is 3. The van der Waals surface area contributed by atoms with E-state index in [1.807, 2.05) is 18.3 Å². The second kappa shape index (κ2) is 6.07. The maximum atomic E-state index is 4.64. The van der Waals surface area contributed by atoms with Crippen molar-refractivity contribution in [3.8, 4) is 0 Å². The van der Waals surface area contributed by atoms with Crippen LogP contribution in [0.15, 0.2) is 12.4 Å². The molecule has 5 nitrogen and oxygen atoms in total. The molecule has 2 aromatic heterocycles. The Bertz CT molecular complexity index is 597. The predicted octanol–water partition coefficient (Wildman–Crippen LogP) is 2.18. The van der Waals surface area contributed by atoms with E-state index in [0.717, 1.165) is 44.2 Å². The van der Waals surface area contributed by atoms with E-state index >= 15 is 0 Å². The lowest BCUT2D eigenvalue weighted by atomic mass is 10.3. The Morgan fingerprint density at radius 3 is 2.48 bits per heavy atom. The summed E-state index contributed by atoms with van der Waals surface area (Å²) in [6.07, 6.45) is 1.65. The van der Waals surface area contributed by atoms with Gasteiger partial charge in [0.15, 0.2) is 0 Å². The number of hydrogen-bond acceptors (Lipinski definition) is 6. The van der Waals surface area contributed by atoms with Crippen molar-refractivity contribution in [3.05, 3.63) is 33.7 Å². The summed E-state index contributed by atoms with van der Waals surface area (Å²) in [6, 6.07) is 2.06. The van der Waals surface area contributed by atoms with Crippen LogP contribution >= 0.6 is 11.3 Å². The first-order chi connectivity index (χ1) is 10.1. The highest BCUT2D eigenvalue weighted by atomic mass is 32.1. The Morgan fingerprint density at radius 1 is 1.10 bits per heavy atom. The predicted molar refractivity (Wildman–Crippen MR) is 85.8 cm³/mol. The summed E-state index contributed by atoms with van der Waals surface area (Å²) < 4.78 is 0. The molecule has 1 fully saturated rings. The van der Waals surface area contributed by atoms with Gasteiger partial charge in [0.25, 0.3) is 0 Å². The van der Waals surface area contributed by atoms with Crippen LogP contribution in [0.4, 0.5) is 5.82 Å². The lowest BCUT2D eigenvalue weighted by Crippen LogP contribution is -2.46. The molecule has 6 heteroatoms. The van der Waals surface area contributed by atoms with Gasteiger partial charge in [0.1, 0.15) is 17.2 Å². The van der Waals surface area contributed by atoms with Crippen molar-refractivity contribution in [1.29, 1.82) is 0 Å². The van der Waals surface area contributed by atoms with Crippen LogP contribution in [0.2, 0.25) is 0 Å². The molecule has 21 heavy (non-hydrogen) atoms. The van der Waals surface area contributed by atoms with Gasteiger partial charge in [-0.15, -0.1) is 11.3 Å². The minimum Gasteiger partial charge on any atom is -0.354 e. The van der Waals surface area contributed by atoms with Gasteiger partial charge in [-0.25, -0.2) is 15.0 Å². The van der Waals surface area contributed by atoms with Gasteiger partial charge >= 0.3 is 0 Å². The summed E-state index contributed by atoms with van der Waals surface area (Å²) in [4.78, 5) is 19.3. The van der Waals surface area contributed by atoms with Gasteiger partial charge in [-0.2, -0.15) is 0 Å². The molecular weight excluding hydrogens is 282 g/mol. The van der Waals surface area contributed by atoms with Crippen LogP contribution < -0.4 is 4.90 Å². The monoisotopic (exact) mass is 303 g/mol. The number of thiazole rings is 1. The second-order valence-corrected chi connectivity index (χ2v) is 6.82. The smallest absolute Gasteiger partial charge is 0.132 e. The van der Waals surface area contributed by atoms with Crippen LogP contribution in [-0.4, -0.2) is 46.0 Å². The number of nitrogens with zero attached hydrogens (tertiary/aromatic N) is 5. The van der Waals surface area contributed by atoms with Crippen LogP contribution in [0, 0.1) is 20.8 Å². The molecule has 0 unspecified atom stereocenters. The molecule has 0 aromatic carbocycles. The van der Waals surface area contributed by atoms with Gasteiger partial charge in [-0.3, -0.25) is 4.90 Å². The standard InChI is InChI=1S/C15H21N5S/c1-11-8-14(17-10-16-11)20-6-4-19(5-7-20)9-15-18-12(2)13(3)21-15/h8,10H,4-7,9H2,1-3H3. The number of anilines is 1. The topological polar surface area (TPSA) is 45.2 Å². The molecular formula is C15H21N5S. The van der Waals surface area contributed by atoms with Crippen molar-refractivity contribution in [2.75, 3.05) is 31.1 Å². The van der Waals surface area contributed by atoms with Crippen LogP contribution in [0.3, 0.4) is 0 Å². The van der Waals surface area contributed by atoms with E-state index in [1.165, 1.54) is 15.6 Å². The third-order valence-corrected chi connectivity index (χ3v) is 4.97. The summed E-state index contributed by atoms with van der Waals surface area (Å²) in [6.45, 7) is 11.3. The summed E-state index contributed by atoms with van der Waals surface area (Å²) in [7, 11) is 0. The lowest BCUT2D eigenvalue weighted by molar-refractivity contribution is 0.249. The molecule has 0 atom stereocenters. The Hall–Kier alpha value is -1.53. The number of aromatic nitrogens is 3. The van der Waals surface area contributed by atoms with Crippen LogP contribution in [0.25, 0.3) is 0 Å². The summed E-state index contributed by atoms with van der Waals surface area (Å²) in [5, 5.41) is 1.23. The fourth-order valence-corrected chi connectivity index (χ4v) is 3.52. The fourth-order valence-electron chi connectivity index (χ4n) is 2.55. The number of rotatable bonds is 3. The minimum atomic E-state index is 0.968. The van der Waals surface area contributed by atoms with Crippen LogP contribution in [-0.2, 0) is 6.54 Å². The molecule has 0 amide bonds. The maximum Gasteiger partial charge on any atom is 0.132 e. The van der Waals surface area contributed by atoms with Crippen LogP contribution in [0.5, 0.6) is 0 Å². The zero-order valence-corrected chi connectivity index (χ0v) is 13.7. The largest absolute Gasteiger partial charge is 0.354 e. The quantitative estimate of drug-likeness (QED) is 0.869. The highest BCUT2D eigenvalue weighted by Crippen LogP contribution is 2.20. The minimum absolute atomic E-state index is 0.968. The third-order valence-electron chi connectivity index (χ3n) is 3.92. The van der Waals surface area contributed by atoms with Gasteiger partial charge in [0.05, 0.1) is 12.2 Å². The summed E-state index contributed by atoms with van der Waals surface area (Å²) in [5.41, 5.74) is 2.20. The van der Waals surface area contributed by atoms with Gasteiger partial charge in [0.2, 0.25) is 0 Å². The summed E-state index contributed by atoms with van der Waals surface area (Å²) in [5.74, 6) is 1.04. The van der Waals surface area contributed by atoms with Gasteiger partial charge in [0, 0.05) is 42.8 Å². The molecule has 0 N–H and O–H groups in total. The van der Waals surface area contributed by atoms with Crippen molar-refractivity contribution in [2.45, 2.75) is 27.3 Å². The van der Waals surface area contributed by atoms with Crippen LogP contribution in [0.1, 0.15) is 21.3 Å². The molecule has 3 rings (SSSR count). The van der Waals surface area contributed by atoms with E-state index in [4.69, 9.17) is 0 Å². The molecule has 3 heterocycles. The SMILES string of the molecule is Cc1cc(N2CCN(Cc3nc(C)c(C)s3)CC2)ncn1. The highest BCUT2D eigenvalue weighted by molar-refractivity contribution is 7.11. The van der Waals surface area contributed by atoms with E-state index in [2.05, 4.69) is 44.7 Å². The Kier molecular flexibility index (Phi) is 4.17. The van der Waals surface area contributed by atoms with Gasteiger partial charge in [-0.05, 0) is 20.8 Å². The first-order valence-corrected chi connectivity index (χ1v) is 8.12. The van der Waals surface area contributed by atoms with Crippen molar-refractivity contribution in [2.24, 2.45) is 0 Å². The normalized spacial score (nSPS) is 16.4. The highest BCUT2D eigenvalue weighted by Gasteiger charge is 2.19. The third kappa shape index (κ3) is 3.39. The van der Waals surface area contributed by atoms with Gasteiger partial charge in [-0.1, -0.05) is 0 Å². The van der Waals surface area contributed by atoms with Crippen molar-refractivity contribution in [1.82, 2.24) is 19.9 Å². The van der Waals surface area contributed by atoms with E-state index in [1.54, 1.807) is 6.33 Å².